The average Bonchev–Trinajstić information content (AvgIpc) is 3.57. The molecule has 1 aliphatic carbocycles. The van der Waals surface area contributed by atoms with Crippen molar-refractivity contribution >= 4 is 34.4 Å². The quantitative estimate of drug-likeness (QED) is 0.214. The number of hydrogen-bond donors (Lipinski definition) is 0. The molecule has 200 valence electrons. The molecule has 3 nitrogen and oxygen atoms in total. The molecule has 0 spiro atoms. The fraction of sp³-hybridized carbons (Fsp3) is 0.189. The molecule has 1 aliphatic heterocycles. The van der Waals surface area contributed by atoms with Crippen molar-refractivity contribution in [2.45, 2.75) is 44.8 Å². The number of benzene rings is 5. The number of rotatable bonds is 3. The van der Waals surface area contributed by atoms with Crippen LogP contribution >= 0.6 is 0 Å². The minimum Gasteiger partial charge on any atom is -0.399 e. The number of fused-ring (bicyclic) bond motifs is 7. The standard InChI is InChI=1S/C37H32BNO2/c1-36(2)37(3,4)41-38(40-36)25-19-22-32-31(23-25)30-21-20-29-27-17-11-12-18-28(27)33(24-13-7-5-8-14-24)34(29)35(30)39(32)26-15-9-6-10-16-26/h5-23,33H,1-4H3. The number of para-hydroxylation sites is 1. The minimum atomic E-state index is -0.407. The molecule has 41 heavy (non-hydrogen) atoms. The molecule has 1 saturated heterocycles. The maximum Gasteiger partial charge on any atom is 0.494 e. The Kier molecular flexibility index (Phi) is 5.23. The second kappa shape index (κ2) is 8.69. The first kappa shape index (κ1) is 24.7. The van der Waals surface area contributed by atoms with Gasteiger partial charge in [0.1, 0.15) is 0 Å². The van der Waals surface area contributed by atoms with Gasteiger partial charge in [-0.25, -0.2) is 0 Å². The van der Waals surface area contributed by atoms with E-state index in [4.69, 9.17) is 9.31 Å². The van der Waals surface area contributed by atoms with Gasteiger partial charge in [-0.1, -0.05) is 97.1 Å². The van der Waals surface area contributed by atoms with Gasteiger partial charge in [0.2, 0.25) is 0 Å². The summed E-state index contributed by atoms with van der Waals surface area (Å²) in [6, 6.07) is 41.9. The molecule has 0 amide bonds. The van der Waals surface area contributed by atoms with Crippen molar-refractivity contribution in [2.75, 3.05) is 0 Å². The van der Waals surface area contributed by atoms with Gasteiger partial charge in [0.25, 0.3) is 0 Å². The summed E-state index contributed by atoms with van der Waals surface area (Å²) in [5.41, 5.74) is 10.6. The maximum atomic E-state index is 6.46. The van der Waals surface area contributed by atoms with Crippen molar-refractivity contribution in [1.29, 1.82) is 0 Å². The van der Waals surface area contributed by atoms with E-state index in [1.165, 1.54) is 49.6 Å². The SMILES string of the molecule is CC1(C)OB(c2ccc3c(c2)c2ccc4c(c2n3-c2ccccc2)C(c2ccccc2)c2ccccc2-4)OC1(C)C. The van der Waals surface area contributed by atoms with Gasteiger partial charge in [0, 0.05) is 22.4 Å². The van der Waals surface area contributed by atoms with Gasteiger partial charge in [-0.3, -0.25) is 0 Å². The molecule has 1 atom stereocenters. The Hall–Kier alpha value is -4.12. The lowest BCUT2D eigenvalue weighted by atomic mass is 9.78. The van der Waals surface area contributed by atoms with Crippen molar-refractivity contribution in [3.8, 4) is 16.8 Å². The summed E-state index contributed by atoms with van der Waals surface area (Å²) in [7, 11) is -0.407. The Balaban J connectivity index is 1.44. The van der Waals surface area contributed by atoms with Gasteiger partial charge in [-0.05, 0) is 79.2 Å². The lowest BCUT2D eigenvalue weighted by Gasteiger charge is -2.32. The van der Waals surface area contributed by atoms with E-state index >= 15 is 0 Å². The van der Waals surface area contributed by atoms with Crippen LogP contribution in [0.2, 0.25) is 0 Å². The zero-order valence-electron chi connectivity index (χ0n) is 23.9. The Morgan fingerprint density at radius 3 is 2.02 bits per heavy atom. The number of aromatic nitrogens is 1. The summed E-state index contributed by atoms with van der Waals surface area (Å²) in [4.78, 5) is 0. The van der Waals surface area contributed by atoms with Crippen LogP contribution in [0.25, 0.3) is 38.6 Å². The van der Waals surface area contributed by atoms with Gasteiger partial charge in [0.15, 0.2) is 0 Å². The average molecular weight is 533 g/mol. The highest BCUT2D eigenvalue weighted by atomic mass is 16.7. The summed E-state index contributed by atoms with van der Waals surface area (Å²) in [5, 5.41) is 2.45. The number of hydrogen-bond acceptors (Lipinski definition) is 2. The van der Waals surface area contributed by atoms with E-state index in [9.17, 15) is 0 Å². The highest BCUT2D eigenvalue weighted by Gasteiger charge is 2.51. The third-order valence-corrected chi connectivity index (χ3v) is 9.52. The number of nitrogens with zero attached hydrogens (tertiary/aromatic N) is 1. The van der Waals surface area contributed by atoms with E-state index in [1.807, 2.05) is 0 Å². The van der Waals surface area contributed by atoms with Crippen molar-refractivity contribution in [3.05, 3.63) is 132 Å². The van der Waals surface area contributed by atoms with E-state index < -0.39 is 7.12 Å². The van der Waals surface area contributed by atoms with E-state index in [-0.39, 0.29) is 17.1 Å². The Bertz CT molecular complexity index is 1940. The monoisotopic (exact) mass is 533 g/mol. The van der Waals surface area contributed by atoms with Gasteiger partial charge in [0.05, 0.1) is 22.2 Å². The predicted octanol–water partition coefficient (Wildman–Crippen LogP) is 8.24. The molecule has 1 aromatic heterocycles. The predicted molar refractivity (Wildman–Crippen MR) is 169 cm³/mol. The first-order chi connectivity index (χ1) is 19.8. The van der Waals surface area contributed by atoms with Crippen molar-refractivity contribution < 1.29 is 9.31 Å². The Labute approximate surface area is 241 Å². The molecule has 2 aliphatic rings. The molecule has 5 aromatic carbocycles. The zero-order chi connectivity index (χ0) is 27.9. The fourth-order valence-corrected chi connectivity index (χ4v) is 6.79. The van der Waals surface area contributed by atoms with Crippen LogP contribution in [0.3, 0.4) is 0 Å². The third kappa shape index (κ3) is 3.54. The molecule has 0 radical (unpaired) electrons. The lowest BCUT2D eigenvalue weighted by Crippen LogP contribution is -2.41. The molecule has 6 aromatic rings. The van der Waals surface area contributed by atoms with E-state index in [2.05, 4.69) is 148 Å². The van der Waals surface area contributed by atoms with Gasteiger partial charge in [-0.15, -0.1) is 0 Å². The summed E-state index contributed by atoms with van der Waals surface area (Å²) in [5.74, 6) is 0.153. The lowest BCUT2D eigenvalue weighted by molar-refractivity contribution is 0.00578. The van der Waals surface area contributed by atoms with Crippen LogP contribution in [-0.2, 0) is 9.31 Å². The highest BCUT2D eigenvalue weighted by Crippen LogP contribution is 2.52. The van der Waals surface area contributed by atoms with Gasteiger partial charge < -0.3 is 13.9 Å². The van der Waals surface area contributed by atoms with Crippen LogP contribution in [-0.4, -0.2) is 22.9 Å². The van der Waals surface area contributed by atoms with Gasteiger partial charge >= 0.3 is 7.12 Å². The Morgan fingerprint density at radius 2 is 1.29 bits per heavy atom. The molecule has 1 fully saturated rings. The van der Waals surface area contributed by atoms with Crippen molar-refractivity contribution in [2.24, 2.45) is 0 Å². The minimum absolute atomic E-state index is 0.153. The smallest absolute Gasteiger partial charge is 0.399 e. The molecule has 0 N–H and O–H groups in total. The molecule has 0 saturated carbocycles. The molecule has 0 bridgehead atoms. The van der Waals surface area contributed by atoms with Crippen LogP contribution < -0.4 is 5.46 Å². The molecule has 1 unspecified atom stereocenters. The van der Waals surface area contributed by atoms with E-state index in [0.29, 0.717) is 0 Å². The van der Waals surface area contributed by atoms with E-state index in [0.717, 1.165) is 11.2 Å². The molecular weight excluding hydrogens is 501 g/mol. The van der Waals surface area contributed by atoms with Crippen molar-refractivity contribution in [1.82, 2.24) is 4.57 Å². The first-order valence-corrected chi connectivity index (χ1v) is 14.5. The third-order valence-electron chi connectivity index (χ3n) is 9.52. The maximum absolute atomic E-state index is 6.46. The topological polar surface area (TPSA) is 23.4 Å². The highest BCUT2D eigenvalue weighted by molar-refractivity contribution is 6.62. The van der Waals surface area contributed by atoms with Crippen LogP contribution in [0.4, 0.5) is 0 Å². The normalized spacial score (nSPS) is 18.6. The fourth-order valence-electron chi connectivity index (χ4n) is 6.79. The molecule has 4 heteroatoms. The summed E-state index contributed by atoms with van der Waals surface area (Å²) in [6.07, 6.45) is 0. The largest absolute Gasteiger partial charge is 0.494 e. The molecule has 8 rings (SSSR count). The molecular formula is C37H32BNO2. The van der Waals surface area contributed by atoms with Crippen LogP contribution in [0.15, 0.2) is 115 Å². The second-order valence-corrected chi connectivity index (χ2v) is 12.4. The summed E-state index contributed by atoms with van der Waals surface area (Å²) < 4.78 is 15.4. The zero-order valence-corrected chi connectivity index (χ0v) is 23.9. The van der Waals surface area contributed by atoms with Crippen LogP contribution in [0.5, 0.6) is 0 Å². The second-order valence-electron chi connectivity index (χ2n) is 12.4. The summed E-state index contributed by atoms with van der Waals surface area (Å²) >= 11 is 0. The first-order valence-electron chi connectivity index (χ1n) is 14.5. The van der Waals surface area contributed by atoms with Gasteiger partial charge in [-0.2, -0.15) is 0 Å². The van der Waals surface area contributed by atoms with Crippen molar-refractivity contribution in [3.63, 3.8) is 0 Å². The van der Waals surface area contributed by atoms with Crippen LogP contribution in [0, 0.1) is 0 Å². The summed E-state index contributed by atoms with van der Waals surface area (Å²) in [6.45, 7) is 8.43. The van der Waals surface area contributed by atoms with E-state index in [1.54, 1.807) is 0 Å². The van der Waals surface area contributed by atoms with Crippen LogP contribution in [0.1, 0.15) is 50.3 Å². The Morgan fingerprint density at radius 1 is 0.634 bits per heavy atom. The molecule has 2 heterocycles.